The first-order valence-corrected chi connectivity index (χ1v) is 23.3. The van der Waals surface area contributed by atoms with Crippen LogP contribution in [-0.4, -0.2) is 20.9 Å². The summed E-state index contributed by atoms with van der Waals surface area (Å²) in [5, 5.41) is 0.932. The summed E-state index contributed by atoms with van der Waals surface area (Å²) >= 11 is 0.785. The van der Waals surface area contributed by atoms with Gasteiger partial charge in [0.1, 0.15) is 5.01 Å². The molecule has 0 bridgehead atoms. The smallest absolute Gasteiger partial charge is 0.616 e. The van der Waals surface area contributed by atoms with Gasteiger partial charge in [-0.25, -0.2) is 4.98 Å². The molecule has 7 aromatic carbocycles. The standard InChI is InChI=1S/C35H34N2O2S.C18H15NO.Al/c1-3-5-6-10-23-11-9-13-29-33(23)39-31-14-8-7-12-28(31)37(29)25-16-17-26(30(38)22-25)34-36-27-21-24(15-18-32(27)40-34)35(4-2)19-20-35;20-18-13-11-17(12-14-18)19(15-7-3-1-4-8-15)16-9-5-2-6-10-16;/h7-9,11-18,21-22,38H,3-6,10,19-20H2,1-2H3;1-14,20H;/q;;+2/p-2. The third-order valence-corrected chi connectivity index (χ3v) is 13.9. The number of para-hydroxylation sites is 5. The van der Waals surface area contributed by atoms with E-state index < -0.39 is 15.9 Å². The van der Waals surface area contributed by atoms with E-state index in [1.807, 2.05) is 30.3 Å². The number of aryl methyl sites for hydroxylation is 1. The number of nitrogens with zero attached hydrogens (tertiary/aromatic N) is 3. The third kappa shape index (κ3) is 7.88. The largest absolute Gasteiger partial charge is 0.881 e. The van der Waals surface area contributed by atoms with Crippen molar-refractivity contribution in [3.05, 3.63) is 175 Å². The van der Waals surface area contributed by atoms with Crippen LogP contribution in [0.15, 0.2) is 164 Å². The first-order valence-electron chi connectivity index (χ1n) is 21.5. The predicted molar refractivity (Wildman–Crippen MR) is 252 cm³/mol. The molecule has 1 fully saturated rings. The van der Waals surface area contributed by atoms with Crippen LogP contribution in [0, 0.1) is 0 Å². The number of hydrogen-bond donors (Lipinski definition) is 0. The van der Waals surface area contributed by atoms with E-state index in [0.29, 0.717) is 5.41 Å². The fraction of sp³-hybridized carbons (Fsp3) is 0.189. The van der Waals surface area contributed by atoms with Gasteiger partial charge in [0.25, 0.3) is 0 Å². The molecule has 0 atom stereocenters. The molecule has 61 heavy (non-hydrogen) atoms. The average molecular weight is 833 g/mol. The van der Waals surface area contributed by atoms with E-state index in [9.17, 15) is 0 Å². The minimum Gasteiger partial charge on any atom is -0.616 e. The van der Waals surface area contributed by atoms with Crippen molar-refractivity contribution >= 4 is 71.6 Å². The van der Waals surface area contributed by atoms with E-state index in [2.05, 4.69) is 157 Å². The molecular formula is C53H47AlN3O3S. The Hall–Kier alpha value is -6.04. The number of anilines is 6. The number of ether oxygens (including phenoxy) is 1. The number of thiazole rings is 1. The van der Waals surface area contributed by atoms with Gasteiger partial charge in [-0.05, 0) is 140 Å². The highest BCUT2D eigenvalue weighted by Gasteiger charge is 2.42. The zero-order valence-electron chi connectivity index (χ0n) is 34.6. The summed E-state index contributed by atoms with van der Waals surface area (Å²) in [4.78, 5) is 9.80. The zero-order valence-corrected chi connectivity index (χ0v) is 36.6. The molecule has 10 rings (SSSR count). The van der Waals surface area contributed by atoms with Gasteiger partial charge in [0.2, 0.25) is 0 Å². The number of unbranched alkanes of at least 4 members (excludes halogenated alkanes) is 2. The summed E-state index contributed by atoms with van der Waals surface area (Å²) in [5.41, 5.74) is 11.1. The molecule has 1 radical (unpaired) electrons. The second-order valence-corrected chi connectivity index (χ2v) is 17.7. The lowest BCUT2D eigenvalue weighted by molar-refractivity contribution is 0.459. The van der Waals surface area contributed by atoms with Crippen LogP contribution in [0.5, 0.6) is 23.0 Å². The maximum Gasteiger partial charge on any atom is 0.881 e. The molecule has 2 aliphatic rings. The number of fused-ring (bicyclic) bond motifs is 3. The maximum atomic E-state index is 6.77. The lowest BCUT2D eigenvalue weighted by Gasteiger charge is -2.34. The van der Waals surface area contributed by atoms with Crippen LogP contribution in [0.2, 0.25) is 0 Å². The Morgan fingerprint density at radius 2 is 1.43 bits per heavy atom. The molecule has 301 valence electrons. The van der Waals surface area contributed by atoms with Gasteiger partial charge in [-0.15, -0.1) is 11.3 Å². The molecule has 0 N–H and O–H groups in total. The Morgan fingerprint density at radius 1 is 0.705 bits per heavy atom. The first-order chi connectivity index (χ1) is 30.1. The zero-order chi connectivity index (χ0) is 41.2. The van der Waals surface area contributed by atoms with Crippen molar-refractivity contribution in [1.29, 1.82) is 0 Å². The van der Waals surface area contributed by atoms with E-state index in [0.717, 1.165) is 92.5 Å². The summed E-state index contributed by atoms with van der Waals surface area (Å²) in [6, 6.07) is 57.3. The Bertz CT molecular complexity index is 2750. The Morgan fingerprint density at radius 3 is 2.16 bits per heavy atom. The van der Waals surface area contributed by atoms with Gasteiger partial charge in [0, 0.05) is 28.7 Å². The topological polar surface area (TPSA) is 47.1 Å². The minimum absolute atomic E-state index is 0.314. The number of rotatable bonds is 15. The molecule has 1 aliphatic carbocycles. The summed E-state index contributed by atoms with van der Waals surface area (Å²) in [5.74, 6) is 3.24. The van der Waals surface area contributed by atoms with Crippen LogP contribution < -0.4 is 22.1 Å². The van der Waals surface area contributed by atoms with Crippen molar-refractivity contribution in [2.45, 2.75) is 64.2 Å². The van der Waals surface area contributed by atoms with Crippen molar-refractivity contribution in [2.24, 2.45) is 0 Å². The van der Waals surface area contributed by atoms with Crippen LogP contribution in [0.1, 0.15) is 63.5 Å². The molecule has 6 nitrogen and oxygen atoms in total. The lowest BCUT2D eigenvalue weighted by atomic mass is 9.93. The lowest BCUT2D eigenvalue weighted by Crippen LogP contribution is -2.17. The van der Waals surface area contributed by atoms with E-state index in [4.69, 9.17) is 17.3 Å². The number of aromatic nitrogens is 1. The van der Waals surface area contributed by atoms with Crippen molar-refractivity contribution < 1.29 is 12.3 Å². The molecule has 1 aliphatic heterocycles. The van der Waals surface area contributed by atoms with Gasteiger partial charge in [-0.2, -0.15) is 0 Å². The molecular weight excluding hydrogens is 786 g/mol. The molecule has 1 saturated carbocycles. The Kier molecular flexibility index (Phi) is 11.0. The molecule has 8 aromatic rings. The van der Waals surface area contributed by atoms with Crippen LogP contribution in [0.25, 0.3) is 20.8 Å². The number of benzene rings is 7. The third-order valence-electron chi connectivity index (χ3n) is 12.2. The highest BCUT2D eigenvalue weighted by atomic mass is 32.1. The summed E-state index contributed by atoms with van der Waals surface area (Å²) in [7, 11) is 0. The van der Waals surface area contributed by atoms with Crippen LogP contribution in [0.4, 0.5) is 34.1 Å². The fourth-order valence-corrected chi connectivity index (χ4v) is 10.2. The van der Waals surface area contributed by atoms with Crippen LogP contribution >= 0.6 is 11.3 Å². The predicted octanol–water partition coefficient (Wildman–Crippen LogP) is 15.2. The molecule has 0 amide bonds. The van der Waals surface area contributed by atoms with Crippen molar-refractivity contribution in [3.63, 3.8) is 0 Å². The SMILES string of the molecule is CCCCCc1cccc2c1Oc1ccccc1N2c1ccc(-c2nc3cc(C4(CC)CC4)ccc3s2)c([O][Al][O]c2ccc(N(c3ccccc3)c3ccccc3)cc2)c1. The fourth-order valence-electron chi connectivity index (χ4n) is 8.57. The van der Waals surface area contributed by atoms with E-state index >= 15 is 0 Å². The average Bonchev–Trinajstić information content (AvgIpc) is 4.00. The van der Waals surface area contributed by atoms with E-state index in [-0.39, 0.29) is 0 Å². The summed E-state index contributed by atoms with van der Waals surface area (Å²) < 4.78 is 21.1. The van der Waals surface area contributed by atoms with Crippen molar-refractivity contribution in [2.75, 3.05) is 9.80 Å². The van der Waals surface area contributed by atoms with Crippen LogP contribution in [0.3, 0.4) is 0 Å². The Balaban J connectivity index is 0.987. The molecule has 0 saturated heterocycles. The minimum atomic E-state index is -0.926. The summed E-state index contributed by atoms with van der Waals surface area (Å²) in [6.45, 7) is 4.55. The highest BCUT2D eigenvalue weighted by molar-refractivity contribution is 7.21. The van der Waals surface area contributed by atoms with Crippen molar-refractivity contribution in [1.82, 2.24) is 4.98 Å². The van der Waals surface area contributed by atoms with Crippen LogP contribution in [-0.2, 0) is 11.8 Å². The molecule has 0 unspecified atom stereocenters. The van der Waals surface area contributed by atoms with Gasteiger partial charge in [0.15, 0.2) is 11.5 Å². The van der Waals surface area contributed by atoms with Crippen molar-refractivity contribution in [3.8, 4) is 33.6 Å². The van der Waals surface area contributed by atoms with Gasteiger partial charge in [-0.3, -0.25) is 0 Å². The Labute approximate surface area is 369 Å². The molecule has 0 spiro atoms. The van der Waals surface area contributed by atoms with Gasteiger partial charge >= 0.3 is 15.9 Å². The molecule has 2 heterocycles. The van der Waals surface area contributed by atoms with Gasteiger partial charge in [-0.1, -0.05) is 93.4 Å². The molecule has 1 aromatic heterocycles. The monoisotopic (exact) mass is 832 g/mol. The van der Waals surface area contributed by atoms with Gasteiger partial charge in [0.05, 0.1) is 38.8 Å². The quantitative estimate of drug-likeness (QED) is 0.0757. The second-order valence-electron chi connectivity index (χ2n) is 16.0. The van der Waals surface area contributed by atoms with E-state index in [1.54, 1.807) is 11.3 Å². The van der Waals surface area contributed by atoms with Gasteiger partial charge < -0.3 is 22.1 Å². The summed E-state index contributed by atoms with van der Waals surface area (Å²) in [6.07, 6.45) is 8.12. The first kappa shape index (κ1) is 39.1. The van der Waals surface area contributed by atoms with E-state index in [1.165, 1.54) is 41.5 Å². The molecule has 8 heteroatoms. The normalized spacial score (nSPS) is 13.5. The maximum absolute atomic E-state index is 6.77. The number of hydrogen-bond acceptors (Lipinski definition) is 7. The second kappa shape index (κ2) is 17.1. The highest BCUT2D eigenvalue weighted by Crippen LogP contribution is 2.54.